The molecule has 29 heavy (non-hydrogen) atoms. The van der Waals surface area contributed by atoms with E-state index in [-0.39, 0.29) is 11.9 Å². The minimum absolute atomic E-state index is 0.137. The second-order valence-electron chi connectivity index (χ2n) is 6.71. The topological polar surface area (TPSA) is 98.5 Å². The summed E-state index contributed by atoms with van der Waals surface area (Å²) in [4.78, 5) is 32.4. The third-order valence-corrected chi connectivity index (χ3v) is 4.60. The van der Waals surface area contributed by atoms with Gasteiger partial charge in [0, 0.05) is 11.9 Å². The molecule has 0 aliphatic carbocycles. The number of carbonyl (C=O) groups is 2. The van der Waals surface area contributed by atoms with E-state index in [0.29, 0.717) is 5.78 Å². The molecule has 146 valence electrons. The summed E-state index contributed by atoms with van der Waals surface area (Å²) in [7, 11) is 0. The molecule has 0 spiro atoms. The van der Waals surface area contributed by atoms with Gasteiger partial charge in [-0.05, 0) is 42.3 Å². The molecule has 4 aromatic rings. The monoisotopic (exact) mass is 389 g/mol. The second kappa shape index (κ2) is 7.67. The minimum Gasteiger partial charge on any atom is -0.450 e. The summed E-state index contributed by atoms with van der Waals surface area (Å²) < 4.78 is 6.49. The summed E-state index contributed by atoms with van der Waals surface area (Å²) in [6.07, 6.45) is 1.58. The average molecular weight is 389 g/mol. The summed E-state index contributed by atoms with van der Waals surface area (Å²) in [5.41, 5.74) is 1.75. The van der Waals surface area contributed by atoms with Crippen LogP contribution in [0.2, 0.25) is 0 Å². The zero-order valence-electron chi connectivity index (χ0n) is 16.0. The molecule has 1 atom stereocenters. The molecule has 0 saturated carbocycles. The SMILES string of the molecule is Cc1ccnc2nc(C(=O)OCC(=O)NC(C)c3ccc4ccccc4c3)nn12. The van der Waals surface area contributed by atoms with E-state index in [1.807, 2.05) is 56.3 Å². The van der Waals surface area contributed by atoms with Crippen LogP contribution >= 0.6 is 0 Å². The van der Waals surface area contributed by atoms with Gasteiger partial charge in [0.25, 0.3) is 17.5 Å². The Hall–Kier alpha value is -3.81. The Labute approximate surface area is 166 Å². The van der Waals surface area contributed by atoms with Crippen molar-refractivity contribution in [3.05, 3.63) is 71.8 Å². The number of ether oxygens (including phenoxy) is 1. The number of aromatic nitrogens is 4. The third-order valence-electron chi connectivity index (χ3n) is 4.60. The summed E-state index contributed by atoms with van der Waals surface area (Å²) in [6.45, 7) is 3.28. The summed E-state index contributed by atoms with van der Waals surface area (Å²) in [5.74, 6) is -1.02. The lowest BCUT2D eigenvalue weighted by molar-refractivity contribution is -0.124. The molecule has 2 heterocycles. The van der Waals surface area contributed by atoms with E-state index in [1.165, 1.54) is 4.52 Å². The molecule has 2 aromatic heterocycles. The average Bonchev–Trinajstić information content (AvgIpc) is 3.17. The van der Waals surface area contributed by atoms with E-state index in [9.17, 15) is 9.59 Å². The van der Waals surface area contributed by atoms with Crippen molar-refractivity contribution in [2.45, 2.75) is 19.9 Å². The first-order chi connectivity index (χ1) is 14.0. The molecule has 1 unspecified atom stereocenters. The van der Waals surface area contributed by atoms with Crippen molar-refractivity contribution in [3.8, 4) is 0 Å². The maximum atomic E-state index is 12.2. The van der Waals surface area contributed by atoms with Crippen LogP contribution in [0.3, 0.4) is 0 Å². The van der Waals surface area contributed by atoms with Gasteiger partial charge in [-0.1, -0.05) is 36.4 Å². The number of aryl methyl sites for hydroxylation is 1. The Kier molecular flexibility index (Phi) is 4.90. The van der Waals surface area contributed by atoms with Gasteiger partial charge in [0.15, 0.2) is 6.61 Å². The highest BCUT2D eigenvalue weighted by atomic mass is 16.5. The smallest absolute Gasteiger partial charge is 0.378 e. The fourth-order valence-electron chi connectivity index (χ4n) is 3.03. The lowest BCUT2D eigenvalue weighted by Crippen LogP contribution is -2.31. The minimum atomic E-state index is -0.775. The molecule has 8 heteroatoms. The van der Waals surface area contributed by atoms with Crippen molar-refractivity contribution in [2.24, 2.45) is 0 Å². The molecule has 0 radical (unpaired) electrons. The van der Waals surface area contributed by atoms with Gasteiger partial charge in [-0.3, -0.25) is 4.79 Å². The number of esters is 1. The largest absolute Gasteiger partial charge is 0.450 e. The first-order valence-corrected chi connectivity index (χ1v) is 9.15. The quantitative estimate of drug-likeness (QED) is 0.527. The standard InChI is InChI=1S/C21H19N5O3/c1-13-9-10-22-21-24-19(25-26(13)21)20(28)29-12-18(27)23-14(2)16-8-7-15-5-3-4-6-17(15)11-16/h3-11,14H,12H2,1-2H3,(H,23,27). The molecule has 2 aromatic carbocycles. The van der Waals surface area contributed by atoms with Crippen molar-refractivity contribution < 1.29 is 14.3 Å². The normalized spacial score (nSPS) is 12.1. The molecule has 0 aliphatic heterocycles. The first-order valence-electron chi connectivity index (χ1n) is 9.15. The molecule has 0 aliphatic rings. The highest BCUT2D eigenvalue weighted by Gasteiger charge is 2.18. The van der Waals surface area contributed by atoms with Crippen LogP contribution in [0.4, 0.5) is 0 Å². The van der Waals surface area contributed by atoms with Crippen LogP contribution in [0.1, 0.15) is 34.8 Å². The zero-order valence-corrected chi connectivity index (χ0v) is 16.0. The van der Waals surface area contributed by atoms with Crippen LogP contribution in [0.25, 0.3) is 16.6 Å². The Morgan fingerprint density at radius 1 is 1.14 bits per heavy atom. The van der Waals surface area contributed by atoms with E-state index >= 15 is 0 Å². The van der Waals surface area contributed by atoms with Gasteiger partial charge in [-0.2, -0.15) is 4.98 Å². The maximum Gasteiger partial charge on any atom is 0.378 e. The predicted molar refractivity (Wildman–Crippen MR) is 106 cm³/mol. The number of carbonyl (C=O) groups excluding carboxylic acids is 2. The Morgan fingerprint density at radius 3 is 2.72 bits per heavy atom. The molecular formula is C21H19N5O3. The zero-order chi connectivity index (χ0) is 20.4. The van der Waals surface area contributed by atoms with Gasteiger partial charge in [0.2, 0.25) is 0 Å². The van der Waals surface area contributed by atoms with Crippen LogP contribution in [0, 0.1) is 6.92 Å². The van der Waals surface area contributed by atoms with Crippen LogP contribution in [-0.4, -0.2) is 38.1 Å². The summed E-state index contributed by atoms with van der Waals surface area (Å²) in [6, 6.07) is 15.5. The third kappa shape index (κ3) is 3.91. The lowest BCUT2D eigenvalue weighted by atomic mass is 10.0. The number of benzene rings is 2. The van der Waals surface area contributed by atoms with Crippen molar-refractivity contribution in [2.75, 3.05) is 6.61 Å². The van der Waals surface area contributed by atoms with Gasteiger partial charge < -0.3 is 10.1 Å². The van der Waals surface area contributed by atoms with E-state index in [2.05, 4.69) is 20.4 Å². The number of fused-ring (bicyclic) bond motifs is 2. The van der Waals surface area contributed by atoms with Crippen LogP contribution in [-0.2, 0) is 9.53 Å². The van der Waals surface area contributed by atoms with Crippen LogP contribution in [0.15, 0.2) is 54.7 Å². The van der Waals surface area contributed by atoms with Crippen molar-refractivity contribution in [3.63, 3.8) is 0 Å². The maximum absolute atomic E-state index is 12.2. The molecule has 8 nitrogen and oxygen atoms in total. The van der Waals surface area contributed by atoms with Crippen molar-refractivity contribution in [1.29, 1.82) is 0 Å². The van der Waals surface area contributed by atoms with Gasteiger partial charge in [0.05, 0.1) is 6.04 Å². The number of rotatable bonds is 5. The highest BCUT2D eigenvalue weighted by Crippen LogP contribution is 2.20. The fourth-order valence-corrected chi connectivity index (χ4v) is 3.03. The molecule has 0 fully saturated rings. The summed E-state index contributed by atoms with van der Waals surface area (Å²) >= 11 is 0. The molecular weight excluding hydrogens is 370 g/mol. The van der Waals surface area contributed by atoms with E-state index in [1.54, 1.807) is 12.3 Å². The molecule has 4 rings (SSSR count). The van der Waals surface area contributed by atoms with E-state index in [4.69, 9.17) is 4.74 Å². The second-order valence-corrected chi connectivity index (χ2v) is 6.71. The Bertz CT molecular complexity index is 1220. The molecule has 0 bridgehead atoms. The number of nitrogens with zero attached hydrogens (tertiary/aromatic N) is 4. The van der Waals surface area contributed by atoms with E-state index in [0.717, 1.165) is 22.0 Å². The summed E-state index contributed by atoms with van der Waals surface area (Å²) in [5, 5.41) is 9.12. The van der Waals surface area contributed by atoms with Crippen LogP contribution < -0.4 is 5.32 Å². The number of hydrogen-bond acceptors (Lipinski definition) is 6. The van der Waals surface area contributed by atoms with Crippen molar-refractivity contribution >= 4 is 28.4 Å². The lowest BCUT2D eigenvalue weighted by Gasteiger charge is -2.15. The molecule has 1 N–H and O–H groups in total. The Morgan fingerprint density at radius 2 is 1.93 bits per heavy atom. The molecule has 1 amide bonds. The highest BCUT2D eigenvalue weighted by molar-refractivity contribution is 5.88. The number of hydrogen-bond donors (Lipinski definition) is 1. The van der Waals surface area contributed by atoms with Gasteiger partial charge >= 0.3 is 5.97 Å². The van der Waals surface area contributed by atoms with Crippen LogP contribution in [0.5, 0.6) is 0 Å². The van der Waals surface area contributed by atoms with Crippen molar-refractivity contribution in [1.82, 2.24) is 24.9 Å². The predicted octanol–water partition coefficient (Wildman–Crippen LogP) is 2.62. The number of amides is 1. The van der Waals surface area contributed by atoms with Gasteiger partial charge in [-0.15, -0.1) is 5.10 Å². The molecule has 0 saturated heterocycles. The van der Waals surface area contributed by atoms with E-state index < -0.39 is 18.5 Å². The van der Waals surface area contributed by atoms with Gasteiger partial charge in [-0.25, -0.2) is 14.3 Å². The first kappa shape index (κ1) is 18.5. The van der Waals surface area contributed by atoms with Gasteiger partial charge in [0.1, 0.15) is 0 Å². The Balaban J connectivity index is 1.37. The fraction of sp³-hybridized carbons (Fsp3) is 0.190. The number of nitrogens with one attached hydrogen (secondary N) is 1.